The van der Waals surface area contributed by atoms with Crippen molar-refractivity contribution in [1.82, 2.24) is 0 Å². The number of rotatable bonds is 16. The summed E-state index contributed by atoms with van der Waals surface area (Å²) in [5.74, 6) is 2.53. The number of hydrogen-bond donors (Lipinski definition) is 0. The molecular formula is C45H52O6. The zero-order chi connectivity index (χ0) is 34.3. The number of ether oxygens (including phenoxy) is 6. The Labute approximate surface area is 303 Å². The van der Waals surface area contributed by atoms with E-state index in [1.54, 1.807) is 0 Å². The molecule has 0 N–H and O–H groups in total. The summed E-state index contributed by atoms with van der Waals surface area (Å²) in [7, 11) is 0. The van der Waals surface area contributed by atoms with E-state index in [9.17, 15) is 0 Å². The van der Waals surface area contributed by atoms with Gasteiger partial charge in [-0.2, -0.15) is 0 Å². The van der Waals surface area contributed by atoms with Crippen molar-refractivity contribution in [2.24, 2.45) is 23.2 Å². The van der Waals surface area contributed by atoms with Crippen molar-refractivity contribution in [2.75, 3.05) is 13.2 Å². The van der Waals surface area contributed by atoms with E-state index in [1.807, 2.05) is 72.8 Å². The van der Waals surface area contributed by atoms with Crippen LogP contribution in [0.1, 0.15) is 60.8 Å². The van der Waals surface area contributed by atoms with Gasteiger partial charge in [0.1, 0.15) is 24.4 Å². The van der Waals surface area contributed by atoms with Gasteiger partial charge in [0.25, 0.3) is 0 Å². The Morgan fingerprint density at radius 2 is 0.882 bits per heavy atom. The Kier molecular flexibility index (Phi) is 11.3. The number of hydrogen-bond acceptors (Lipinski definition) is 6. The molecule has 5 fully saturated rings. The third-order valence-corrected chi connectivity index (χ3v) is 11.6. The third kappa shape index (κ3) is 8.82. The van der Waals surface area contributed by atoms with Crippen LogP contribution in [0, 0.1) is 23.2 Å². The Bertz CT molecular complexity index is 1580. The first-order valence-electron chi connectivity index (χ1n) is 19.0. The van der Waals surface area contributed by atoms with Gasteiger partial charge in [0, 0.05) is 0 Å². The molecule has 4 aliphatic carbocycles. The van der Waals surface area contributed by atoms with Gasteiger partial charge in [-0.3, -0.25) is 0 Å². The smallest absolute Gasteiger partial charge is 0.186 e. The van der Waals surface area contributed by atoms with Gasteiger partial charge in [-0.05, 0) is 83.9 Å². The van der Waals surface area contributed by atoms with Crippen LogP contribution in [-0.4, -0.2) is 43.9 Å². The molecule has 6 heteroatoms. The zero-order valence-corrected chi connectivity index (χ0v) is 29.6. The maximum Gasteiger partial charge on any atom is 0.186 e. The lowest BCUT2D eigenvalue weighted by atomic mass is 9.50. The van der Waals surface area contributed by atoms with Crippen LogP contribution in [0.15, 0.2) is 121 Å². The highest BCUT2D eigenvalue weighted by Crippen LogP contribution is 2.60. The van der Waals surface area contributed by atoms with Crippen molar-refractivity contribution in [3.63, 3.8) is 0 Å². The van der Waals surface area contributed by atoms with E-state index in [1.165, 1.54) is 38.5 Å². The van der Waals surface area contributed by atoms with Crippen LogP contribution in [0.5, 0.6) is 0 Å². The summed E-state index contributed by atoms with van der Waals surface area (Å²) in [4.78, 5) is 0. The fraction of sp³-hybridized carbons (Fsp3) is 0.467. The molecule has 4 saturated carbocycles. The van der Waals surface area contributed by atoms with E-state index >= 15 is 0 Å². The van der Waals surface area contributed by atoms with Crippen LogP contribution >= 0.6 is 0 Å². The largest absolute Gasteiger partial charge is 0.374 e. The Morgan fingerprint density at radius 1 is 0.471 bits per heavy atom. The van der Waals surface area contributed by atoms with E-state index in [0.29, 0.717) is 39.6 Å². The highest BCUT2D eigenvalue weighted by atomic mass is 16.7. The molecule has 1 heterocycles. The van der Waals surface area contributed by atoms with Crippen LogP contribution in [0.2, 0.25) is 0 Å². The quantitative estimate of drug-likeness (QED) is 0.117. The van der Waals surface area contributed by atoms with Crippen molar-refractivity contribution in [3.05, 3.63) is 144 Å². The average molecular weight is 689 g/mol. The lowest BCUT2D eigenvalue weighted by molar-refractivity contribution is -0.334. The zero-order valence-electron chi connectivity index (χ0n) is 29.6. The van der Waals surface area contributed by atoms with Gasteiger partial charge in [-0.25, -0.2) is 0 Å². The van der Waals surface area contributed by atoms with E-state index in [0.717, 1.165) is 40.0 Å². The summed E-state index contributed by atoms with van der Waals surface area (Å²) < 4.78 is 41.0. The van der Waals surface area contributed by atoms with Crippen molar-refractivity contribution >= 4 is 0 Å². The van der Waals surface area contributed by atoms with E-state index in [-0.39, 0.29) is 5.41 Å². The summed E-state index contributed by atoms with van der Waals surface area (Å²) in [5, 5.41) is 0. The summed E-state index contributed by atoms with van der Waals surface area (Å²) in [6.07, 6.45) is 5.47. The highest BCUT2D eigenvalue weighted by Gasteiger charge is 2.53. The fourth-order valence-corrected chi connectivity index (χ4v) is 9.61. The van der Waals surface area contributed by atoms with Crippen molar-refractivity contribution in [1.29, 1.82) is 0 Å². The molecule has 4 bridgehead atoms. The molecule has 0 spiro atoms. The Hall–Kier alpha value is -3.36. The molecule has 9 rings (SSSR count). The second-order valence-corrected chi connectivity index (χ2v) is 15.6. The first-order valence-corrected chi connectivity index (χ1v) is 19.0. The molecule has 1 saturated heterocycles. The van der Waals surface area contributed by atoms with Crippen molar-refractivity contribution in [2.45, 2.75) is 95.7 Å². The average Bonchev–Trinajstić information content (AvgIpc) is 3.16. The minimum absolute atomic E-state index is 0.225. The molecule has 0 amide bonds. The standard InChI is InChI=1S/C45H52O6/c1-5-13-33(14-6-1)27-46-31-40-41(47-28-34-15-7-2-8-16-34)42(48-29-35-17-9-3-10-18-35)43(49-30-36-19-11-4-12-20-36)44(51-40)50-32-45-24-37-21-38(25-45)23-39(22-37)26-45/h1-20,37-44H,21-32H2/t37?,38?,39?,40-,41-,42+,43+,44-,45?/m1/s1. The van der Waals surface area contributed by atoms with E-state index < -0.39 is 30.7 Å². The summed E-state index contributed by atoms with van der Waals surface area (Å²) in [6, 6.07) is 41.2. The molecule has 51 heavy (non-hydrogen) atoms. The van der Waals surface area contributed by atoms with Gasteiger partial charge in [0.2, 0.25) is 0 Å². The van der Waals surface area contributed by atoms with E-state index in [4.69, 9.17) is 28.4 Å². The normalized spacial score (nSPS) is 31.1. The lowest BCUT2D eigenvalue weighted by Gasteiger charge is -2.57. The fourth-order valence-electron chi connectivity index (χ4n) is 9.61. The molecule has 6 nitrogen and oxygen atoms in total. The SMILES string of the molecule is c1ccc(COC[C@H]2O[C@@H](OCC34CC5CC(CC(C5)C3)C4)[C@@H](OCc3ccccc3)[C@@H](OCc3ccccc3)[C@@H]2OCc2ccccc2)cc1. The first kappa shape index (κ1) is 34.7. The van der Waals surface area contributed by atoms with Crippen LogP contribution in [0.25, 0.3) is 0 Å². The van der Waals surface area contributed by atoms with Gasteiger partial charge in [-0.1, -0.05) is 121 Å². The molecular weight excluding hydrogens is 636 g/mol. The second kappa shape index (κ2) is 16.5. The molecule has 268 valence electrons. The van der Waals surface area contributed by atoms with Crippen LogP contribution in [-0.2, 0) is 54.8 Å². The minimum atomic E-state index is -0.635. The van der Waals surface area contributed by atoms with Crippen molar-refractivity contribution < 1.29 is 28.4 Å². The first-order chi connectivity index (χ1) is 25.2. The predicted octanol–water partition coefficient (Wildman–Crippen LogP) is 8.92. The van der Waals surface area contributed by atoms with Crippen LogP contribution in [0.3, 0.4) is 0 Å². The van der Waals surface area contributed by atoms with Gasteiger partial charge in [-0.15, -0.1) is 0 Å². The van der Waals surface area contributed by atoms with Crippen LogP contribution < -0.4 is 0 Å². The van der Waals surface area contributed by atoms with Crippen molar-refractivity contribution in [3.8, 4) is 0 Å². The summed E-state index contributed by atoms with van der Waals surface area (Å²) in [6.45, 7) is 2.75. The topological polar surface area (TPSA) is 55.4 Å². The molecule has 0 unspecified atom stereocenters. The van der Waals surface area contributed by atoms with Crippen LogP contribution in [0.4, 0.5) is 0 Å². The molecule has 4 aromatic rings. The van der Waals surface area contributed by atoms with E-state index in [2.05, 4.69) is 48.5 Å². The maximum atomic E-state index is 7.02. The molecule has 5 aliphatic rings. The molecule has 0 aromatic heterocycles. The maximum absolute atomic E-state index is 7.02. The summed E-state index contributed by atoms with van der Waals surface area (Å²) in [5.41, 5.74) is 4.61. The number of benzene rings is 4. The summed E-state index contributed by atoms with van der Waals surface area (Å²) >= 11 is 0. The lowest BCUT2D eigenvalue weighted by Crippen LogP contribution is -2.62. The second-order valence-electron chi connectivity index (χ2n) is 15.6. The minimum Gasteiger partial charge on any atom is -0.374 e. The molecule has 0 radical (unpaired) electrons. The van der Waals surface area contributed by atoms with Gasteiger partial charge in [0.05, 0.1) is 39.6 Å². The van der Waals surface area contributed by atoms with Gasteiger partial charge in [0.15, 0.2) is 6.29 Å². The molecule has 4 aromatic carbocycles. The predicted molar refractivity (Wildman–Crippen MR) is 196 cm³/mol. The molecule has 5 atom stereocenters. The Balaban J connectivity index is 1.08. The van der Waals surface area contributed by atoms with Gasteiger partial charge >= 0.3 is 0 Å². The third-order valence-electron chi connectivity index (χ3n) is 11.6. The van der Waals surface area contributed by atoms with Gasteiger partial charge < -0.3 is 28.4 Å². The Morgan fingerprint density at radius 3 is 1.35 bits per heavy atom. The molecule has 1 aliphatic heterocycles. The monoisotopic (exact) mass is 688 g/mol. The highest BCUT2D eigenvalue weighted by molar-refractivity contribution is 5.16.